The predicted molar refractivity (Wildman–Crippen MR) is 52.4 cm³/mol. The number of hydrogen-bond acceptors (Lipinski definition) is 2. The first-order valence-electron chi connectivity index (χ1n) is 3.57. The Morgan fingerprint density at radius 2 is 1.05 bits per heavy atom. The van der Waals surface area contributed by atoms with Crippen molar-refractivity contribution in [3.63, 3.8) is 0 Å². The van der Waals surface area contributed by atoms with Crippen LogP contribution in [0.3, 0.4) is 0 Å². The van der Waals surface area contributed by atoms with Gasteiger partial charge in [-0.15, -0.1) is 0 Å². The van der Waals surface area contributed by atoms with Crippen LogP contribution in [0.15, 0.2) is 11.8 Å². The molecule has 19 heavy (non-hydrogen) atoms. The Bertz CT molecular complexity index is 262. The molecule has 0 heterocycles. The quantitative estimate of drug-likeness (QED) is 0.433. The second kappa shape index (κ2) is 69.9. The molecule has 102 valence electrons. The zero-order chi connectivity index (χ0) is 17.3. The van der Waals surface area contributed by atoms with Crippen LogP contribution < -0.4 is 0 Å². The van der Waals surface area contributed by atoms with Gasteiger partial charge in [0.25, 0.3) is 0 Å². The van der Waals surface area contributed by atoms with Crippen LogP contribution in [0.25, 0.3) is 0 Å². The fraction of sp³-hybridized carbons (Fsp3) is 0.273. The molecule has 0 rings (SSSR count). The van der Waals surface area contributed by atoms with Gasteiger partial charge >= 0.3 is 119 Å². The molecule has 0 aromatic heterocycles. The number of allylic oxidation sites excluding steroid dienone is 1. The fourth-order valence-corrected chi connectivity index (χ4v) is 0.734. The van der Waals surface area contributed by atoms with Crippen molar-refractivity contribution in [3.05, 3.63) is 45.1 Å². The molecule has 0 saturated heterocycles. The minimum atomic E-state index is 0.681. The standard InChI is InChI=1S/C6H10O2.5CO.Cr/c1-4-6(8-3)5-7-2;5*1-2;/h4H,1-3H3;;;;;;/b6-4-;;;;;;. The molecule has 8 heteroatoms. The van der Waals surface area contributed by atoms with E-state index in [0.29, 0.717) is 4.57 Å². The van der Waals surface area contributed by atoms with E-state index in [2.05, 4.69) is 49.1 Å². The summed E-state index contributed by atoms with van der Waals surface area (Å²) >= 11 is 2.73. The molecule has 0 atom stereocenters. The van der Waals surface area contributed by atoms with E-state index in [0.717, 1.165) is 5.76 Å². The third-order valence-corrected chi connectivity index (χ3v) is 1.44. The molecule has 0 aliphatic heterocycles. The maximum atomic E-state index is 7.50. The van der Waals surface area contributed by atoms with Crippen molar-refractivity contribution in [1.82, 2.24) is 0 Å². The van der Waals surface area contributed by atoms with Crippen LogP contribution in [-0.4, -0.2) is 18.8 Å². The molecule has 0 N–H and O–H groups in total. The van der Waals surface area contributed by atoms with E-state index < -0.39 is 0 Å². The summed E-state index contributed by atoms with van der Waals surface area (Å²) < 4.78 is 48.0. The third kappa shape index (κ3) is 47.8. The molecular formula is C11H10CrO7. The summed E-state index contributed by atoms with van der Waals surface area (Å²) in [6.07, 6.45) is 1.83. The van der Waals surface area contributed by atoms with Gasteiger partial charge < -0.3 is 0 Å². The molecular weight excluding hydrogens is 296 g/mol. The molecule has 0 radical (unpaired) electrons. The Hall–Kier alpha value is -1.40. The van der Waals surface area contributed by atoms with Crippen LogP contribution in [0.5, 0.6) is 0 Å². The monoisotopic (exact) mass is 306 g/mol. The first-order chi connectivity index (χ1) is 9.26. The third-order valence-electron chi connectivity index (χ3n) is 0.869. The Labute approximate surface area is 120 Å². The van der Waals surface area contributed by atoms with Crippen molar-refractivity contribution in [2.45, 2.75) is 6.92 Å². The zero-order valence-corrected chi connectivity index (χ0v) is 11.6. The minimum absolute atomic E-state index is 0.681. The van der Waals surface area contributed by atoms with Crippen LogP contribution in [0.1, 0.15) is 6.92 Å². The molecule has 0 saturated carbocycles. The van der Waals surface area contributed by atoms with E-state index in [1.807, 2.05) is 13.0 Å². The van der Waals surface area contributed by atoms with Crippen molar-refractivity contribution in [2.75, 3.05) is 14.2 Å². The van der Waals surface area contributed by atoms with Gasteiger partial charge in [-0.05, 0) is 0 Å². The van der Waals surface area contributed by atoms with Crippen LogP contribution in [0.2, 0.25) is 0 Å². The van der Waals surface area contributed by atoms with Crippen molar-refractivity contribution in [3.8, 4) is 0 Å². The van der Waals surface area contributed by atoms with E-state index in [1.54, 1.807) is 14.2 Å². The molecule has 0 aliphatic rings. The normalized spacial score (nSPS) is 5.84. The predicted octanol–water partition coefficient (Wildman–Crippen LogP) is 0.672. The van der Waals surface area contributed by atoms with E-state index in [4.69, 9.17) is 32.7 Å². The van der Waals surface area contributed by atoms with Crippen LogP contribution in [0.4, 0.5) is 0 Å². The molecule has 0 unspecified atom stereocenters. The molecule has 0 fully saturated rings. The van der Waals surface area contributed by atoms with Gasteiger partial charge in [0.05, 0.1) is 0 Å². The Morgan fingerprint density at radius 3 is 1.11 bits per heavy atom. The Morgan fingerprint density at radius 1 is 0.789 bits per heavy atom. The molecule has 7 nitrogen and oxygen atoms in total. The molecule has 0 aromatic rings. The molecule has 0 bridgehead atoms. The maximum absolute atomic E-state index is 7.50. The summed E-state index contributed by atoms with van der Waals surface area (Å²) in [4.78, 5) is 0. The fourth-order valence-electron chi connectivity index (χ4n) is 0.420. The van der Waals surface area contributed by atoms with E-state index in [9.17, 15) is 0 Å². The van der Waals surface area contributed by atoms with Gasteiger partial charge in [-0.2, -0.15) is 0 Å². The molecule has 0 spiro atoms. The van der Waals surface area contributed by atoms with E-state index >= 15 is 0 Å². The number of methoxy groups -OCH3 is 2. The summed E-state index contributed by atoms with van der Waals surface area (Å²) in [5.41, 5.74) is 0. The summed E-state index contributed by atoms with van der Waals surface area (Å²) in [5, 5.41) is 0. The van der Waals surface area contributed by atoms with Gasteiger partial charge in [0, 0.05) is 0 Å². The molecule has 0 amide bonds. The molecule has 0 aromatic carbocycles. The Balaban J connectivity index is -0.0000000356. The molecule has 0 aliphatic carbocycles. The van der Waals surface area contributed by atoms with E-state index in [1.165, 1.54) is 0 Å². The SMILES string of the molecule is C/C=C(\OC)[C](=[Cr])OC.[C-]#[O+].[C-]#[O+].[C-]#[O+].[C-]#[O+].[C-]#[O+]. The second-order valence-electron chi connectivity index (χ2n) is 1.35. The van der Waals surface area contributed by atoms with Gasteiger partial charge in [-0.3, -0.25) is 0 Å². The van der Waals surface area contributed by atoms with Crippen LogP contribution >= 0.6 is 0 Å². The van der Waals surface area contributed by atoms with Gasteiger partial charge in [-0.1, -0.05) is 0 Å². The van der Waals surface area contributed by atoms with Crippen LogP contribution in [0, 0.1) is 33.3 Å². The van der Waals surface area contributed by atoms with Gasteiger partial charge in [-0.25, -0.2) is 0 Å². The van der Waals surface area contributed by atoms with Gasteiger partial charge in [0.1, 0.15) is 0 Å². The van der Waals surface area contributed by atoms with Gasteiger partial charge in [0.2, 0.25) is 0 Å². The first-order valence-corrected chi connectivity index (χ1v) is 4.20. The number of ether oxygens (including phenoxy) is 2. The van der Waals surface area contributed by atoms with Crippen molar-refractivity contribution in [2.24, 2.45) is 0 Å². The Kier molecular flexibility index (Phi) is 133. The van der Waals surface area contributed by atoms with Crippen molar-refractivity contribution in [1.29, 1.82) is 0 Å². The number of hydrogen-bond donors (Lipinski definition) is 0. The number of rotatable bonds is 3. The average molecular weight is 306 g/mol. The summed E-state index contributed by atoms with van der Waals surface area (Å²) in [7, 11) is 3.19. The zero-order valence-electron chi connectivity index (χ0n) is 10.3. The second-order valence-corrected chi connectivity index (χ2v) is 1.93. The topological polar surface area (TPSA) is 118 Å². The van der Waals surface area contributed by atoms with E-state index in [-0.39, 0.29) is 0 Å². The summed E-state index contributed by atoms with van der Waals surface area (Å²) in [6.45, 7) is 24.4. The van der Waals surface area contributed by atoms with Crippen molar-refractivity contribution >= 4 is 4.57 Å². The van der Waals surface area contributed by atoms with Gasteiger partial charge in [0.15, 0.2) is 0 Å². The van der Waals surface area contributed by atoms with Crippen LogP contribution in [-0.2, 0) is 48.6 Å². The summed E-state index contributed by atoms with van der Waals surface area (Å²) in [5.74, 6) is 0.734. The average Bonchev–Trinajstić information content (AvgIpc) is 2.57. The first kappa shape index (κ1) is 36.0. The summed E-state index contributed by atoms with van der Waals surface area (Å²) in [6, 6.07) is 0. The van der Waals surface area contributed by atoms with Crippen molar-refractivity contribution < 1.29 is 48.6 Å².